The normalized spacial score (nSPS) is 11.9. The Bertz CT molecular complexity index is 324. The van der Waals surface area contributed by atoms with Gasteiger partial charge in [-0.05, 0) is 37.2 Å². The zero-order valence-corrected chi connectivity index (χ0v) is 11.2. The molecule has 0 aromatic heterocycles. The second kappa shape index (κ2) is 5.35. The Hall–Kier alpha value is -1.02. The second-order valence-electron chi connectivity index (χ2n) is 5.85. The van der Waals surface area contributed by atoms with E-state index in [4.69, 9.17) is 0 Å². The van der Waals surface area contributed by atoms with Gasteiger partial charge in [-0.2, -0.15) is 0 Å². The molecule has 0 saturated carbocycles. The van der Waals surface area contributed by atoms with E-state index in [1.54, 1.807) is 0 Å². The van der Waals surface area contributed by atoms with Crippen molar-refractivity contribution in [3.63, 3.8) is 0 Å². The molecule has 0 radical (unpaired) electrons. The van der Waals surface area contributed by atoms with E-state index in [9.17, 15) is 0 Å². The summed E-state index contributed by atoms with van der Waals surface area (Å²) in [5, 5.41) is 3.48. The maximum atomic E-state index is 3.48. The summed E-state index contributed by atoms with van der Waals surface area (Å²) in [6.45, 7) is 8.71. The van der Waals surface area contributed by atoms with E-state index in [1.165, 1.54) is 11.3 Å². The highest BCUT2D eigenvalue weighted by atomic mass is 15.0. The fourth-order valence-electron chi connectivity index (χ4n) is 1.51. The van der Waals surface area contributed by atoms with Gasteiger partial charge in [0, 0.05) is 18.8 Å². The topological polar surface area (TPSA) is 15.3 Å². The summed E-state index contributed by atoms with van der Waals surface area (Å²) >= 11 is 0. The van der Waals surface area contributed by atoms with Crippen LogP contribution < -0.4 is 5.32 Å². The third-order valence-corrected chi connectivity index (χ3v) is 2.25. The average molecular weight is 220 g/mol. The molecule has 0 spiro atoms. The van der Waals surface area contributed by atoms with Gasteiger partial charge in [0.2, 0.25) is 0 Å². The van der Waals surface area contributed by atoms with Gasteiger partial charge in [-0.15, -0.1) is 0 Å². The van der Waals surface area contributed by atoms with Crippen molar-refractivity contribution in [2.45, 2.75) is 27.3 Å². The minimum Gasteiger partial charge on any atom is -0.385 e. The highest BCUT2D eigenvalue weighted by Gasteiger charge is 2.09. The van der Waals surface area contributed by atoms with Crippen LogP contribution >= 0.6 is 0 Å². The average Bonchev–Trinajstić information content (AvgIpc) is 2.13. The van der Waals surface area contributed by atoms with E-state index in [0.29, 0.717) is 5.41 Å². The molecule has 1 rings (SSSR count). The van der Waals surface area contributed by atoms with E-state index in [2.05, 4.69) is 69.3 Å². The zero-order valence-electron chi connectivity index (χ0n) is 11.2. The maximum Gasteiger partial charge on any atom is 0.0343 e. The minimum absolute atomic E-state index is 0.317. The van der Waals surface area contributed by atoms with Gasteiger partial charge in [0.15, 0.2) is 0 Å². The van der Waals surface area contributed by atoms with E-state index in [1.807, 2.05) is 0 Å². The molecule has 1 aromatic rings. The number of rotatable bonds is 4. The molecule has 0 aliphatic rings. The summed E-state index contributed by atoms with van der Waals surface area (Å²) in [4.78, 5) is 2.18. The lowest BCUT2D eigenvalue weighted by atomic mass is 9.97. The summed E-state index contributed by atoms with van der Waals surface area (Å²) in [6.07, 6.45) is 0. The van der Waals surface area contributed by atoms with Crippen LogP contribution in [-0.4, -0.2) is 25.5 Å². The number of nitrogens with one attached hydrogen (secondary N) is 1. The Labute approximate surface area is 99.7 Å². The molecular weight excluding hydrogens is 196 g/mol. The third kappa shape index (κ3) is 5.17. The van der Waals surface area contributed by atoms with Crippen LogP contribution in [0.5, 0.6) is 0 Å². The molecule has 0 fully saturated rings. The molecule has 16 heavy (non-hydrogen) atoms. The molecule has 0 aliphatic carbocycles. The first-order chi connectivity index (χ1) is 7.37. The largest absolute Gasteiger partial charge is 0.385 e. The summed E-state index contributed by atoms with van der Waals surface area (Å²) in [5.74, 6) is 0. The Balaban J connectivity index is 2.60. The van der Waals surface area contributed by atoms with E-state index >= 15 is 0 Å². The van der Waals surface area contributed by atoms with Crippen molar-refractivity contribution < 1.29 is 0 Å². The monoisotopic (exact) mass is 220 g/mol. The van der Waals surface area contributed by atoms with Crippen LogP contribution in [0.1, 0.15) is 26.3 Å². The van der Waals surface area contributed by atoms with Gasteiger partial charge in [-0.25, -0.2) is 0 Å². The summed E-state index contributed by atoms with van der Waals surface area (Å²) in [5.41, 5.74) is 2.88. The lowest BCUT2D eigenvalue weighted by Gasteiger charge is -2.20. The van der Waals surface area contributed by atoms with Crippen molar-refractivity contribution in [3.8, 4) is 0 Å². The van der Waals surface area contributed by atoms with Crippen molar-refractivity contribution in [2.75, 3.05) is 26.0 Å². The van der Waals surface area contributed by atoms with Crippen LogP contribution in [0.4, 0.5) is 5.69 Å². The van der Waals surface area contributed by atoms with Gasteiger partial charge >= 0.3 is 0 Å². The summed E-state index contributed by atoms with van der Waals surface area (Å²) in [6, 6.07) is 8.64. The summed E-state index contributed by atoms with van der Waals surface area (Å²) in [7, 11) is 4.19. The third-order valence-electron chi connectivity index (χ3n) is 2.25. The molecule has 0 aliphatic heterocycles. The van der Waals surface area contributed by atoms with Gasteiger partial charge < -0.3 is 10.2 Å². The minimum atomic E-state index is 0.317. The van der Waals surface area contributed by atoms with Crippen LogP contribution in [0.15, 0.2) is 24.3 Å². The van der Waals surface area contributed by atoms with Gasteiger partial charge in [-0.3, -0.25) is 0 Å². The van der Waals surface area contributed by atoms with E-state index < -0.39 is 0 Å². The van der Waals surface area contributed by atoms with Crippen LogP contribution in [0.25, 0.3) is 0 Å². The van der Waals surface area contributed by atoms with Crippen molar-refractivity contribution in [1.29, 1.82) is 0 Å². The number of nitrogens with zero attached hydrogens (tertiary/aromatic N) is 1. The second-order valence-corrected chi connectivity index (χ2v) is 5.85. The molecule has 0 bridgehead atoms. The molecule has 0 heterocycles. The SMILES string of the molecule is CN(C)Cc1cccc(NCC(C)(C)C)c1. The molecule has 2 heteroatoms. The van der Waals surface area contributed by atoms with Gasteiger partial charge in [0.05, 0.1) is 0 Å². The first kappa shape index (κ1) is 13.0. The molecule has 0 atom stereocenters. The van der Waals surface area contributed by atoms with Crippen molar-refractivity contribution in [3.05, 3.63) is 29.8 Å². The molecule has 1 N–H and O–H groups in total. The fraction of sp³-hybridized carbons (Fsp3) is 0.571. The fourth-order valence-corrected chi connectivity index (χ4v) is 1.51. The van der Waals surface area contributed by atoms with Crippen LogP contribution in [0.3, 0.4) is 0 Å². The Morgan fingerprint density at radius 2 is 1.88 bits per heavy atom. The number of hydrogen-bond acceptors (Lipinski definition) is 2. The maximum absolute atomic E-state index is 3.48. The zero-order chi connectivity index (χ0) is 12.2. The Kier molecular flexibility index (Phi) is 4.36. The molecule has 0 unspecified atom stereocenters. The van der Waals surface area contributed by atoms with Gasteiger partial charge in [-0.1, -0.05) is 32.9 Å². The molecular formula is C14H24N2. The van der Waals surface area contributed by atoms with E-state index in [0.717, 1.165) is 13.1 Å². The van der Waals surface area contributed by atoms with Crippen LogP contribution in [0.2, 0.25) is 0 Å². The summed E-state index contributed by atoms with van der Waals surface area (Å²) < 4.78 is 0. The molecule has 0 amide bonds. The highest BCUT2D eigenvalue weighted by Crippen LogP contribution is 2.16. The predicted molar refractivity (Wildman–Crippen MR) is 71.8 cm³/mol. The molecule has 90 valence electrons. The van der Waals surface area contributed by atoms with Crippen LogP contribution in [-0.2, 0) is 6.54 Å². The predicted octanol–water partition coefficient (Wildman–Crippen LogP) is 3.21. The first-order valence-electron chi connectivity index (χ1n) is 5.84. The molecule has 2 nitrogen and oxygen atoms in total. The number of anilines is 1. The number of benzene rings is 1. The standard InChI is InChI=1S/C14H24N2/c1-14(2,3)11-15-13-8-6-7-12(9-13)10-16(4)5/h6-9,15H,10-11H2,1-5H3. The lowest BCUT2D eigenvalue weighted by Crippen LogP contribution is -2.19. The first-order valence-corrected chi connectivity index (χ1v) is 5.84. The highest BCUT2D eigenvalue weighted by molar-refractivity contribution is 5.45. The Morgan fingerprint density at radius 1 is 1.19 bits per heavy atom. The van der Waals surface area contributed by atoms with Crippen molar-refractivity contribution in [1.82, 2.24) is 4.90 Å². The Morgan fingerprint density at radius 3 is 2.44 bits per heavy atom. The van der Waals surface area contributed by atoms with Crippen LogP contribution in [0, 0.1) is 5.41 Å². The van der Waals surface area contributed by atoms with Gasteiger partial charge in [0.25, 0.3) is 0 Å². The smallest absolute Gasteiger partial charge is 0.0343 e. The lowest BCUT2D eigenvalue weighted by molar-refractivity contribution is 0.402. The molecule has 0 saturated heterocycles. The van der Waals surface area contributed by atoms with Crippen molar-refractivity contribution >= 4 is 5.69 Å². The molecule has 1 aromatic carbocycles. The number of hydrogen-bond donors (Lipinski definition) is 1. The van der Waals surface area contributed by atoms with Crippen molar-refractivity contribution in [2.24, 2.45) is 5.41 Å². The van der Waals surface area contributed by atoms with E-state index in [-0.39, 0.29) is 0 Å². The van der Waals surface area contributed by atoms with Gasteiger partial charge in [0.1, 0.15) is 0 Å². The quantitative estimate of drug-likeness (QED) is 0.838.